The molecule has 0 aliphatic carbocycles. The molecular weight excluding hydrogens is 252 g/mol. The van der Waals surface area contributed by atoms with E-state index in [0.717, 1.165) is 10.9 Å². The van der Waals surface area contributed by atoms with E-state index < -0.39 is 0 Å². The van der Waals surface area contributed by atoms with Gasteiger partial charge in [0.25, 0.3) is 0 Å². The van der Waals surface area contributed by atoms with Gasteiger partial charge in [-0.1, -0.05) is 0 Å². The number of carbonyl (C=O) groups excluding carboxylic acids is 1. The second-order valence-corrected chi connectivity index (χ2v) is 4.45. The van der Waals surface area contributed by atoms with Crippen molar-refractivity contribution in [3.05, 3.63) is 20.8 Å². The van der Waals surface area contributed by atoms with Gasteiger partial charge in [-0.15, -0.1) is 11.3 Å². The van der Waals surface area contributed by atoms with Gasteiger partial charge in [-0.2, -0.15) is 0 Å². The number of nitrogens with one attached hydrogen (secondary N) is 1. The topological polar surface area (TPSA) is 55.1 Å². The van der Waals surface area contributed by atoms with Crippen LogP contribution >= 0.6 is 27.3 Å². The van der Waals surface area contributed by atoms with Crippen LogP contribution in [0.1, 0.15) is 4.88 Å². The largest absolute Gasteiger partial charge is 0.355 e. The van der Waals surface area contributed by atoms with E-state index in [2.05, 4.69) is 27.3 Å². The molecule has 1 aromatic heterocycles. The van der Waals surface area contributed by atoms with Gasteiger partial charge < -0.3 is 11.1 Å². The smallest absolute Gasteiger partial charge is 0.233 e. The van der Waals surface area contributed by atoms with Gasteiger partial charge in [0.05, 0.1) is 6.54 Å². The number of hydrogen-bond acceptors (Lipinski definition) is 3. The summed E-state index contributed by atoms with van der Waals surface area (Å²) in [5.41, 5.74) is 5.14. The summed E-state index contributed by atoms with van der Waals surface area (Å²) in [5, 5.41) is 4.75. The van der Waals surface area contributed by atoms with Crippen molar-refractivity contribution in [1.82, 2.24) is 5.32 Å². The van der Waals surface area contributed by atoms with Crippen molar-refractivity contribution in [2.45, 2.75) is 6.42 Å². The van der Waals surface area contributed by atoms with Crippen LogP contribution in [0.2, 0.25) is 0 Å². The summed E-state index contributed by atoms with van der Waals surface area (Å²) >= 11 is 5.05. The Morgan fingerprint density at radius 1 is 1.69 bits per heavy atom. The highest BCUT2D eigenvalue weighted by atomic mass is 79.9. The summed E-state index contributed by atoms with van der Waals surface area (Å²) in [5.74, 6) is -0.101. The third kappa shape index (κ3) is 3.89. The lowest BCUT2D eigenvalue weighted by atomic mass is 10.3. The van der Waals surface area contributed by atoms with Crippen molar-refractivity contribution < 1.29 is 4.79 Å². The lowest BCUT2D eigenvalue weighted by Crippen LogP contribution is -2.31. The fourth-order valence-corrected chi connectivity index (χ4v) is 2.34. The maximum absolute atomic E-state index is 10.8. The molecule has 0 atom stereocenters. The Hall–Kier alpha value is -0.390. The number of hydrogen-bond donors (Lipinski definition) is 2. The van der Waals surface area contributed by atoms with E-state index in [1.807, 2.05) is 5.38 Å². The normalized spacial score (nSPS) is 10.0. The Kier molecular flexibility index (Phi) is 4.41. The van der Waals surface area contributed by atoms with Crippen molar-refractivity contribution in [2.75, 3.05) is 13.1 Å². The highest BCUT2D eigenvalue weighted by molar-refractivity contribution is 9.10. The maximum atomic E-state index is 10.8. The highest BCUT2D eigenvalue weighted by Crippen LogP contribution is 2.19. The molecule has 1 rings (SSSR count). The second kappa shape index (κ2) is 5.36. The van der Waals surface area contributed by atoms with Gasteiger partial charge in [-0.3, -0.25) is 4.79 Å². The van der Waals surface area contributed by atoms with Gasteiger partial charge in [0, 0.05) is 21.3 Å². The monoisotopic (exact) mass is 262 g/mol. The first kappa shape index (κ1) is 10.7. The molecule has 13 heavy (non-hydrogen) atoms. The summed E-state index contributed by atoms with van der Waals surface area (Å²) in [4.78, 5) is 12.0. The standard InChI is InChI=1S/C8H11BrN2OS/c9-6-3-7(13-5-6)1-2-11-8(12)4-10/h3,5H,1-2,4,10H2,(H,11,12). The quantitative estimate of drug-likeness (QED) is 0.855. The molecule has 3 N–H and O–H groups in total. The molecular formula is C8H11BrN2OS. The van der Waals surface area contributed by atoms with E-state index in [0.29, 0.717) is 6.54 Å². The summed E-state index contributed by atoms with van der Waals surface area (Å²) in [6, 6.07) is 2.05. The first-order valence-corrected chi connectivity index (χ1v) is 5.59. The maximum Gasteiger partial charge on any atom is 0.233 e. The molecule has 1 aromatic rings. The van der Waals surface area contributed by atoms with Crippen LogP contribution in [0.15, 0.2) is 15.9 Å². The zero-order valence-electron chi connectivity index (χ0n) is 7.05. The highest BCUT2D eigenvalue weighted by Gasteiger charge is 1.99. The minimum absolute atomic E-state index is 0.0636. The van der Waals surface area contributed by atoms with Crippen molar-refractivity contribution in [2.24, 2.45) is 5.73 Å². The first-order valence-electron chi connectivity index (χ1n) is 3.92. The van der Waals surface area contributed by atoms with E-state index in [1.165, 1.54) is 4.88 Å². The Bertz CT molecular complexity index is 287. The van der Waals surface area contributed by atoms with Crippen LogP contribution in [-0.2, 0) is 11.2 Å². The van der Waals surface area contributed by atoms with Gasteiger partial charge in [0.1, 0.15) is 0 Å². The Morgan fingerprint density at radius 3 is 3.00 bits per heavy atom. The predicted molar refractivity (Wildman–Crippen MR) is 57.8 cm³/mol. The second-order valence-electron chi connectivity index (χ2n) is 2.54. The third-order valence-corrected chi connectivity index (χ3v) is 3.26. The van der Waals surface area contributed by atoms with Crippen LogP contribution in [0.5, 0.6) is 0 Å². The number of amides is 1. The summed E-state index contributed by atoms with van der Waals surface area (Å²) < 4.78 is 1.10. The predicted octanol–water partition coefficient (Wildman–Crippen LogP) is 1.13. The van der Waals surface area contributed by atoms with Crippen LogP contribution < -0.4 is 11.1 Å². The molecule has 0 aromatic carbocycles. The van der Waals surface area contributed by atoms with Crippen LogP contribution in [0, 0.1) is 0 Å². The molecule has 0 spiro atoms. The molecule has 0 fully saturated rings. The van der Waals surface area contributed by atoms with Crippen LogP contribution in [0.25, 0.3) is 0 Å². The SMILES string of the molecule is NCC(=O)NCCc1cc(Br)cs1. The average molecular weight is 263 g/mol. The molecule has 1 amide bonds. The van der Waals surface area contributed by atoms with Gasteiger partial charge >= 0.3 is 0 Å². The van der Waals surface area contributed by atoms with Crippen molar-refractivity contribution in [3.8, 4) is 0 Å². The number of carbonyl (C=O) groups is 1. The molecule has 0 unspecified atom stereocenters. The van der Waals surface area contributed by atoms with E-state index in [1.54, 1.807) is 11.3 Å². The fraction of sp³-hybridized carbons (Fsp3) is 0.375. The molecule has 3 nitrogen and oxygen atoms in total. The van der Waals surface area contributed by atoms with Crippen molar-refractivity contribution >= 4 is 33.2 Å². The van der Waals surface area contributed by atoms with Gasteiger partial charge in [-0.05, 0) is 28.4 Å². The number of thiophene rings is 1. The van der Waals surface area contributed by atoms with Crippen LogP contribution in [0.3, 0.4) is 0 Å². The molecule has 72 valence electrons. The minimum Gasteiger partial charge on any atom is -0.355 e. The molecule has 0 radical (unpaired) electrons. The van der Waals surface area contributed by atoms with Crippen LogP contribution in [-0.4, -0.2) is 19.0 Å². The molecule has 1 heterocycles. The number of halogens is 1. The van der Waals surface area contributed by atoms with E-state index in [4.69, 9.17) is 5.73 Å². The summed E-state index contributed by atoms with van der Waals surface area (Å²) in [6.45, 7) is 0.719. The van der Waals surface area contributed by atoms with E-state index in [-0.39, 0.29) is 12.5 Å². The Labute approximate surface area is 89.5 Å². The molecule has 0 saturated carbocycles. The van der Waals surface area contributed by atoms with Gasteiger partial charge in [-0.25, -0.2) is 0 Å². The number of rotatable bonds is 4. The summed E-state index contributed by atoms with van der Waals surface area (Å²) in [6.07, 6.45) is 0.863. The fourth-order valence-electron chi connectivity index (χ4n) is 0.882. The lowest BCUT2D eigenvalue weighted by Gasteiger charge is -2.00. The molecule has 0 aliphatic heterocycles. The number of nitrogens with two attached hydrogens (primary N) is 1. The van der Waals surface area contributed by atoms with Gasteiger partial charge in [0.2, 0.25) is 5.91 Å². The third-order valence-electron chi connectivity index (χ3n) is 1.50. The first-order chi connectivity index (χ1) is 6.22. The summed E-state index contributed by atoms with van der Waals surface area (Å²) in [7, 11) is 0. The molecule has 5 heteroatoms. The van der Waals surface area contributed by atoms with E-state index >= 15 is 0 Å². The average Bonchev–Trinajstić information content (AvgIpc) is 2.51. The minimum atomic E-state index is -0.101. The molecule has 0 saturated heterocycles. The van der Waals surface area contributed by atoms with Gasteiger partial charge in [0.15, 0.2) is 0 Å². The zero-order chi connectivity index (χ0) is 9.68. The van der Waals surface area contributed by atoms with Crippen molar-refractivity contribution in [1.29, 1.82) is 0 Å². The molecule has 0 bridgehead atoms. The molecule has 0 aliphatic rings. The Morgan fingerprint density at radius 2 is 2.46 bits per heavy atom. The van der Waals surface area contributed by atoms with Crippen LogP contribution in [0.4, 0.5) is 0 Å². The van der Waals surface area contributed by atoms with E-state index in [9.17, 15) is 4.79 Å². The zero-order valence-corrected chi connectivity index (χ0v) is 9.45. The van der Waals surface area contributed by atoms with Crippen molar-refractivity contribution in [3.63, 3.8) is 0 Å². The Balaban J connectivity index is 2.24. The lowest BCUT2D eigenvalue weighted by molar-refractivity contribution is -0.119.